The molecule has 2 N–H and O–H groups in total. The van der Waals surface area contributed by atoms with Crippen molar-refractivity contribution in [3.63, 3.8) is 0 Å². The van der Waals surface area contributed by atoms with Crippen molar-refractivity contribution in [3.8, 4) is 11.1 Å². The van der Waals surface area contributed by atoms with Crippen LogP contribution in [0.25, 0.3) is 11.1 Å². The van der Waals surface area contributed by atoms with E-state index in [-0.39, 0.29) is 12.5 Å². The Kier molecular flexibility index (Phi) is 10.8. The molecule has 0 saturated carbocycles. The monoisotopic (exact) mass is 651 g/mol. The van der Waals surface area contributed by atoms with Gasteiger partial charge >= 0.3 is 0 Å². The number of pyridine rings is 1. The smallest absolute Gasteiger partial charge is 0.254 e. The van der Waals surface area contributed by atoms with Gasteiger partial charge in [0.05, 0.1) is 43.1 Å². The van der Waals surface area contributed by atoms with Gasteiger partial charge in [-0.05, 0) is 66.3 Å². The summed E-state index contributed by atoms with van der Waals surface area (Å²) in [6.45, 7) is 6.76. The van der Waals surface area contributed by atoms with E-state index in [1.165, 1.54) is 11.3 Å². The minimum absolute atomic E-state index is 0.239. The molecule has 0 saturated heterocycles. The van der Waals surface area contributed by atoms with Crippen LogP contribution < -0.4 is 10.2 Å². The highest BCUT2D eigenvalue weighted by Gasteiger charge is 2.26. The van der Waals surface area contributed by atoms with Gasteiger partial charge in [-0.15, -0.1) is 11.3 Å². The summed E-state index contributed by atoms with van der Waals surface area (Å²) in [5.74, 6) is -0.317. The molecule has 47 heavy (non-hydrogen) atoms. The van der Waals surface area contributed by atoms with Crippen molar-refractivity contribution in [2.75, 3.05) is 25.5 Å². The number of thiazole rings is 1. The van der Waals surface area contributed by atoms with Gasteiger partial charge in [-0.2, -0.15) is 0 Å². The van der Waals surface area contributed by atoms with Crippen LogP contribution in [0.4, 0.5) is 5.69 Å². The van der Waals surface area contributed by atoms with E-state index < -0.39 is 18.1 Å². The van der Waals surface area contributed by atoms with E-state index in [1.807, 2.05) is 60.8 Å². The SMILES string of the molecule is Cc1csc(CN(C)C(=O)c2cc(C(=O)N[C@@H](Cc3ccccc3)[C@H](O)CN(C)c3cncc(C(C)C)c3)cc(-c3ccoc3)c2)n1. The summed E-state index contributed by atoms with van der Waals surface area (Å²) in [7, 11) is 3.62. The molecule has 10 heteroatoms. The zero-order valence-electron chi connectivity index (χ0n) is 27.4. The van der Waals surface area contributed by atoms with E-state index in [0.29, 0.717) is 35.6 Å². The first-order chi connectivity index (χ1) is 22.6. The van der Waals surface area contributed by atoms with Crippen LogP contribution in [0.15, 0.2) is 95.4 Å². The number of rotatable bonds is 13. The molecule has 0 fully saturated rings. The van der Waals surface area contributed by atoms with Crippen LogP contribution in [0.2, 0.25) is 0 Å². The number of furan rings is 1. The zero-order chi connectivity index (χ0) is 33.5. The van der Waals surface area contributed by atoms with Crippen molar-refractivity contribution in [3.05, 3.63) is 124 Å². The summed E-state index contributed by atoms with van der Waals surface area (Å²) >= 11 is 1.50. The van der Waals surface area contributed by atoms with Crippen molar-refractivity contribution in [1.29, 1.82) is 0 Å². The molecule has 0 radical (unpaired) electrons. The molecule has 0 aliphatic rings. The first-order valence-corrected chi connectivity index (χ1v) is 16.5. The van der Waals surface area contributed by atoms with E-state index in [4.69, 9.17) is 4.42 Å². The van der Waals surface area contributed by atoms with Crippen molar-refractivity contribution in [1.82, 2.24) is 20.2 Å². The normalized spacial score (nSPS) is 12.5. The maximum absolute atomic E-state index is 14.0. The topological polar surface area (TPSA) is 112 Å². The van der Waals surface area contributed by atoms with Gasteiger partial charge in [0.15, 0.2) is 0 Å². The molecular weight excluding hydrogens is 611 g/mol. The van der Waals surface area contributed by atoms with E-state index in [1.54, 1.807) is 54.9 Å². The van der Waals surface area contributed by atoms with Gasteiger partial charge in [-0.3, -0.25) is 14.6 Å². The lowest BCUT2D eigenvalue weighted by atomic mass is 9.98. The van der Waals surface area contributed by atoms with Crippen LogP contribution >= 0.6 is 11.3 Å². The number of benzene rings is 2. The number of amides is 2. The molecule has 9 nitrogen and oxygen atoms in total. The third kappa shape index (κ3) is 8.72. The van der Waals surface area contributed by atoms with Gasteiger partial charge in [-0.25, -0.2) is 4.98 Å². The molecule has 0 aliphatic carbocycles. The molecule has 5 rings (SSSR count). The van der Waals surface area contributed by atoms with Crippen LogP contribution in [-0.2, 0) is 13.0 Å². The zero-order valence-corrected chi connectivity index (χ0v) is 28.2. The molecule has 5 aromatic rings. The fourth-order valence-electron chi connectivity index (χ4n) is 5.33. The van der Waals surface area contributed by atoms with E-state index in [9.17, 15) is 14.7 Å². The summed E-state index contributed by atoms with van der Waals surface area (Å²) in [5.41, 5.74) is 5.95. The molecule has 244 valence electrons. The van der Waals surface area contributed by atoms with Crippen LogP contribution in [0.1, 0.15) is 62.3 Å². The Balaban J connectivity index is 1.41. The average Bonchev–Trinajstić information content (AvgIpc) is 3.76. The number of carbonyl (C=O) groups is 2. The molecule has 0 aliphatic heterocycles. The van der Waals surface area contributed by atoms with Crippen LogP contribution in [0.3, 0.4) is 0 Å². The number of likely N-dealkylation sites (N-methyl/N-ethyl adjacent to an activating group) is 1. The van der Waals surface area contributed by atoms with Crippen molar-refractivity contribution in [2.24, 2.45) is 0 Å². The third-order valence-electron chi connectivity index (χ3n) is 8.08. The second-order valence-corrected chi connectivity index (χ2v) is 13.1. The number of hydrogen-bond donors (Lipinski definition) is 2. The van der Waals surface area contributed by atoms with Crippen LogP contribution in [0, 0.1) is 6.92 Å². The molecule has 3 heterocycles. The number of aryl methyl sites for hydroxylation is 1. The third-order valence-corrected chi connectivity index (χ3v) is 9.03. The number of nitrogens with zero attached hydrogens (tertiary/aromatic N) is 4. The number of aliphatic hydroxyl groups is 1. The van der Waals surface area contributed by atoms with Gasteiger partial charge in [0.2, 0.25) is 0 Å². The van der Waals surface area contributed by atoms with Gasteiger partial charge in [0.1, 0.15) is 5.01 Å². The quantitative estimate of drug-likeness (QED) is 0.153. The van der Waals surface area contributed by atoms with Crippen LogP contribution in [-0.4, -0.2) is 64.6 Å². The molecule has 2 atom stereocenters. The Labute approximate surface area is 279 Å². The van der Waals surface area contributed by atoms with E-state index in [0.717, 1.165) is 33.1 Å². The maximum atomic E-state index is 14.0. The summed E-state index contributed by atoms with van der Waals surface area (Å²) in [6.07, 6.45) is 6.25. The Morgan fingerprint density at radius 1 is 1.00 bits per heavy atom. The Morgan fingerprint density at radius 3 is 2.45 bits per heavy atom. The highest BCUT2D eigenvalue weighted by atomic mass is 32.1. The summed E-state index contributed by atoms with van der Waals surface area (Å²) in [6, 6.07) is 18.1. The fraction of sp³-hybridized carbons (Fsp3) is 0.297. The maximum Gasteiger partial charge on any atom is 0.254 e. The fourth-order valence-corrected chi connectivity index (χ4v) is 6.16. The lowest BCUT2D eigenvalue weighted by molar-refractivity contribution is 0.0785. The van der Waals surface area contributed by atoms with Gasteiger partial charge in [0, 0.05) is 54.6 Å². The molecule has 0 bridgehead atoms. The predicted octanol–water partition coefficient (Wildman–Crippen LogP) is 6.34. The molecule has 2 amide bonds. The predicted molar refractivity (Wildman–Crippen MR) is 186 cm³/mol. The molecule has 3 aromatic heterocycles. The highest BCUT2D eigenvalue weighted by Crippen LogP contribution is 2.25. The summed E-state index contributed by atoms with van der Waals surface area (Å²) < 4.78 is 5.31. The van der Waals surface area contributed by atoms with E-state index >= 15 is 0 Å². The first-order valence-electron chi connectivity index (χ1n) is 15.6. The number of aliphatic hydroxyl groups excluding tert-OH is 1. The summed E-state index contributed by atoms with van der Waals surface area (Å²) in [5, 5.41) is 17.5. The first kappa shape index (κ1) is 33.6. The number of aromatic nitrogens is 2. The van der Waals surface area contributed by atoms with Crippen molar-refractivity contribution >= 4 is 28.8 Å². The Morgan fingerprint density at radius 2 is 1.77 bits per heavy atom. The Bertz CT molecular complexity index is 1790. The molecular formula is C37H41N5O4S. The molecule has 0 unspecified atom stereocenters. The summed E-state index contributed by atoms with van der Waals surface area (Å²) in [4.78, 5) is 40.0. The van der Waals surface area contributed by atoms with Crippen molar-refractivity contribution < 1.29 is 19.1 Å². The van der Waals surface area contributed by atoms with Gasteiger partial charge < -0.3 is 24.6 Å². The van der Waals surface area contributed by atoms with Gasteiger partial charge in [-0.1, -0.05) is 44.2 Å². The number of nitrogens with one attached hydrogen (secondary N) is 1. The standard InChI is InChI=1S/C37H41N5O4S/c1-24(2)31-17-32(19-38-18-31)41(4)20-34(43)33(13-26-9-7-6-8-10-26)40-36(44)29-14-28(27-11-12-46-22-27)15-30(16-29)37(45)42(5)21-35-39-25(3)23-47-35/h6-12,14-19,22-24,33-34,43H,13,20-21H2,1-5H3,(H,40,44)/t33-,34+/m0/s1. The highest BCUT2D eigenvalue weighted by molar-refractivity contribution is 7.09. The van der Waals surface area contributed by atoms with Crippen molar-refractivity contribution in [2.45, 2.75) is 51.8 Å². The average molecular weight is 652 g/mol. The number of anilines is 1. The van der Waals surface area contributed by atoms with E-state index in [2.05, 4.69) is 35.2 Å². The Hall–Kier alpha value is -4.80. The largest absolute Gasteiger partial charge is 0.472 e. The second-order valence-electron chi connectivity index (χ2n) is 12.2. The van der Waals surface area contributed by atoms with Crippen LogP contribution in [0.5, 0.6) is 0 Å². The molecule has 2 aromatic carbocycles. The molecule has 0 spiro atoms. The van der Waals surface area contributed by atoms with Gasteiger partial charge in [0.25, 0.3) is 11.8 Å². The minimum atomic E-state index is -0.919. The number of carbonyl (C=O) groups excluding carboxylic acids is 2. The lowest BCUT2D eigenvalue weighted by Crippen LogP contribution is -2.49. The second kappa shape index (κ2) is 15.2. The minimum Gasteiger partial charge on any atom is -0.472 e. The lowest BCUT2D eigenvalue weighted by Gasteiger charge is -2.29. The number of hydrogen-bond acceptors (Lipinski definition) is 8.